The number of amides is 1. The quantitative estimate of drug-likeness (QED) is 0.652. The van der Waals surface area contributed by atoms with E-state index in [0.29, 0.717) is 0 Å². The van der Waals surface area contributed by atoms with E-state index in [4.69, 9.17) is 26.8 Å². The first-order chi connectivity index (χ1) is 9.46. The van der Waals surface area contributed by atoms with Crippen LogP contribution in [0.3, 0.4) is 0 Å². The molecule has 1 aromatic carbocycles. The first-order valence-corrected chi connectivity index (χ1v) is 6.21. The summed E-state index contributed by atoms with van der Waals surface area (Å²) >= 11 is 5.45. The number of carbonyl (C=O) groups is 1. The molecule has 1 rings (SSSR count). The molecular weight excluding hydrogens is 291 g/mol. The van der Waals surface area contributed by atoms with E-state index in [1.807, 2.05) is 0 Å². The molecule has 1 unspecified atom stereocenters. The van der Waals surface area contributed by atoms with E-state index in [9.17, 15) is 14.3 Å². The molecule has 6 nitrogen and oxygen atoms in total. The third-order valence-electron chi connectivity index (χ3n) is 2.57. The van der Waals surface area contributed by atoms with Crippen LogP contribution < -0.4 is 20.5 Å². The van der Waals surface area contributed by atoms with Crippen molar-refractivity contribution in [3.05, 3.63) is 17.4 Å². The molecule has 4 N–H and O–H groups in total. The van der Waals surface area contributed by atoms with Crippen molar-refractivity contribution in [2.45, 2.75) is 6.10 Å². The molecule has 0 radical (unpaired) electrons. The van der Waals surface area contributed by atoms with Gasteiger partial charge >= 0.3 is 0 Å². The topological polar surface area (TPSA) is 93.8 Å². The standard InChI is InChI=1S/C12H16ClFN2O4/c1-19-8-3-7(12(15)18)10(9(14)11(8)20-2)16-5-6(17)4-13/h3,6,16-17H,4-5H2,1-2H3,(H2,15,18). The fourth-order valence-corrected chi connectivity index (χ4v) is 1.70. The molecule has 0 aromatic heterocycles. The SMILES string of the molecule is COc1cc(C(N)=O)c(NCC(O)CCl)c(F)c1OC. The van der Waals surface area contributed by atoms with Crippen molar-refractivity contribution in [1.82, 2.24) is 0 Å². The number of hydrogen-bond donors (Lipinski definition) is 3. The largest absolute Gasteiger partial charge is 0.493 e. The van der Waals surface area contributed by atoms with Gasteiger partial charge in [0.1, 0.15) is 0 Å². The number of halogens is 2. The van der Waals surface area contributed by atoms with Crippen molar-refractivity contribution in [1.29, 1.82) is 0 Å². The number of aliphatic hydroxyl groups is 1. The summed E-state index contributed by atoms with van der Waals surface area (Å²) in [6.07, 6.45) is -0.898. The van der Waals surface area contributed by atoms with E-state index >= 15 is 0 Å². The highest BCUT2D eigenvalue weighted by molar-refractivity contribution is 6.18. The maximum absolute atomic E-state index is 14.3. The van der Waals surface area contributed by atoms with Gasteiger partial charge in [0.15, 0.2) is 17.3 Å². The summed E-state index contributed by atoms with van der Waals surface area (Å²) in [5.74, 6) is -1.83. The zero-order valence-electron chi connectivity index (χ0n) is 11.1. The zero-order valence-corrected chi connectivity index (χ0v) is 11.8. The van der Waals surface area contributed by atoms with Gasteiger partial charge < -0.3 is 25.6 Å². The average Bonchev–Trinajstić information content (AvgIpc) is 2.44. The number of nitrogens with one attached hydrogen (secondary N) is 1. The molecule has 1 atom stereocenters. The van der Waals surface area contributed by atoms with Crippen LogP contribution in [-0.4, -0.2) is 43.8 Å². The second-order valence-electron chi connectivity index (χ2n) is 3.90. The van der Waals surface area contributed by atoms with Gasteiger partial charge in [0.25, 0.3) is 5.91 Å². The molecule has 0 fully saturated rings. The minimum absolute atomic E-state index is 0.0339. The summed E-state index contributed by atoms with van der Waals surface area (Å²) in [6, 6.07) is 1.26. The maximum Gasteiger partial charge on any atom is 0.251 e. The predicted octanol–water partition coefficient (Wildman–Crippen LogP) is 0.953. The molecule has 0 aliphatic rings. The molecule has 8 heteroatoms. The molecule has 0 saturated heterocycles. The first kappa shape index (κ1) is 16.3. The van der Waals surface area contributed by atoms with Crippen molar-refractivity contribution in [2.75, 3.05) is 32.0 Å². The first-order valence-electron chi connectivity index (χ1n) is 5.68. The van der Waals surface area contributed by atoms with Gasteiger partial charge in [0, 0.05) is 6.54 Å². The summed E-state index contributed by atoms with van der Waals surface area (Å²) in [5, 5.41) is 12.0. The Morgan fingerprint density at radius 1 is 1.55 bits per heavy atom. The Morgan fingerprint density at radius 2 is 2.20 bits per heavy atom. The van der Waals surface area contributed by atoms with Gasteiger partial charge in [0.2, 0.25) is 0 Å². The average molecular weight is 307 g/mol. The van der Waals surface area contributed by atoms with Gasteiger partial charge in [0.05, 0.1) is 37.5 Å². The van der Waals surface area contributed by atoms with Crippen LogP contribution in [0.2, 0.25) is 0 Å². The third-order valence-corrected chi connectivity index (χ3v) is 2.93. The van der Waals surface area contributed by atoms with Gasteiger partial charge in [-0.3, -0.25) is 4.79 Å². The molecule has 0 bridgehead atoms. The number of nitrogens with two attached hydrogens (primary N) is 1. The smallest absolute Gasteiger partial charge is 0.251 e. The monoisotopic (exact) mass is 306 g/mol. The number of benzene rings is 1. The number of rotatable bonds is 7. The van der Waals surface area contributed by atoms with E-state index < -0.39 is 17.8 Å². The fraction of sp³-hybridized carbons (Fsp3) is 0.417. The molecule has 20 heavy (non-hydrogen) atoms. The van der Waals surface area contributed by atoms with Crippen molar-refractivity contribution in [3.63, 3.8) is 0 Å². The lowest BCUT2D eigenvalue weighted by molar-refractivity contribution is 0.1000. The minimum atomic E-state index is -0.898. The van der Waals surface area contributed by atoms with E-state index in [1.54, 1.807) is 0 Å². The number of aliphatic hydroxyl groups excluding tert-OH is 1. The number of primary amides is 1. The summed E-state index contributed by atoms with van der Waals surface area (Å²) in [5.41, 5.74) is 4.93. The van der Waals surface area contributed by atoms with E-state index in [1.165, 1.54) is 20.3 Å². The lowest BCUT2D eigenvalue weighted by atomic mass is 10.1. The molecule has 0 aliphatic carbocycles. The van der Waals surface area contributed by atoms with Crippen LogP contribution in [0.5, 0.6) is 11.5 Å². The summed E-state index contributed by atoms with van der Waals surface area (Å²) in [6.45, 7) is -0.0455. The fourth-order valence-electron chi connectivity index (χ4n) is 1.59. The zero-order chi connectivity index (χ0) is 15.3. The van der Waals surface area contributed by atoms with Crippen LogP contribution in [-0.2, 0) is 0 Å². The lowest BCUT2D eigenvalue weighted by Gasteiger charge is -2.17. The van der Waals surface area contributed by atoms with Crippen molar-refractivity contribution >= 4 is 23.2 Å². The van der Waals surface area contributed by atoms with Crippen LogP contribution in [0.15, 0.2) is 6.07 Å². The van der Waals surface area contributed by atoms with Crippen LogP contribution in [0.25, 0.3) is 0 Å². The normalized spacial score (nSPS) is 11.8. The molecule has 112 valence electrons. The van der Waals surface area contributed by atoms with Gasteiger partial charge in [-0.25, -0.2) is 4.39 Å². The van der Waals surface area contributed by atoms with Crippen LogP contribution in [0.4, 0.5) is 10.1 Å². The molecule has 0 spiro atoms. The van der Waals surface area contributed by atoms with E-state index in [0.717, 1.165) is 0 Å². The highest BCUT2D eigenvalue weighted by Crippen LogP contribution is 2.37. The number of methoxy groups -OCH3 is 2. The Morgan fingerprint density at radius 3 is 2.65 bits per heavy atom. The highest BCUT2D eigenvalue weighted by Gasteiger charge is 2.22. The Kier molecular flexibility index (Phi) is 5.84. The van der Waals surface area contributed by atoms with Crippen molar-refractivity contribution < 1.29 is 23.8 Å². The molecule has 0 saturated carbocycles. The number of ether oxygens (including phenoxy) is 2. The summed E-state index contributed by atoms with van der Waals surface area (Å²) < 4.78 is 24.1. The second-order valence-corrected chi connectivity index (χ2v) is 4.21. The second kappa shape index (κ2) is 7.16. The molecule has 1 aromatic rings. The number of alkyl halides is 1. The molecular formula is C12H16ClFN2O4. The van der Waals surface area contributed by atoms with Crippen LogP contribution >= 0.6 is 11.6 Å². The number of carbonyl (C=O) groups excluding carboxylic acids is 1. The molecule has 0 aliphatic heterocycles. The Balaban J connectivity index is 3.28. The van der Waals surface area contributed by atoms with Crippen molar-refractivity contribution in [2.24, 2.45) is 5.73 Å². The Labute approximate surface area is 120 Å². The van der Waals surface area contributed by atoms with Gasteiger partial charge in [-0.05, 0) is 6.07 Å². The lowest BCUT2D eigenvalue weighted by Crippen LogP contribution is -2.24. The molecule has 0 heterocycles. The van der Waals surface area contributed by atoms with Gasteiger partial charge in [-0.1, -0.05) is 0 Å². The Bertz CT molecular complexity index is 499. The van der Waals surface area contributed by atoms with E-state index in [-0.39, 0.29) is 35.2 Å². The number of anilines is 1. The van der Waals surface area contributed by atoms with Crippen molar-refractivity contribution in [3.8, 4) is 11.5 Å². The number of hydrogen-bond acceptors (Lipinski definition) is 5. The maximum atomic E-state index is 14.3. The van der Waals surface area contributed by atoms with Gasteiger partial charge in [-0.2, -0.15) is 0 Å². The van der Waals surface area contributed by atoms with Crippen LogP contribution in [0, 0.1) is 5.82 Å². The Hall–Kier alpha value is -1.73. The minimum Gasteiger partial charge on any atom is -0.493 e. The molecule has 1 amide bonds. The summed E-state index contributed by atoms with van der Waals surface area (Å²) in [7, 11) is 2.58. The predicted molar refractivity (Wildman–Crippen MR) is 73.2 cm³/mol. The van der Waals surface area contributed by atoms with E-state index in [2.05, 4.69) is 5.32 Å². The highest BCUT2D eigenvalue weighted by atomic mass is 35.5. The third kappa shape index (κ3) is 3.43. The van der Waals surface area contributed by atoms with Gasteiger partial charge in [-0.15, -0.1) is 11.6 Å². The van der Waals surface area contributed by atoms with Crippen LogP contribution in [0.1, 0.15) is 10.4 Å². The summed E-state index contributed by atoms with van der Waals surface area (Å²) in [4.78, 5) is 11.4.